The van der Waals surface area contributed by atoms with Gasteiger partial charge in [-0.05, 0) is 24.1 Å². The van der Waals surface area contributed by atoms with Gasteiger partial charge in [0.25, 0.3) is 0 Å². The fourth-order valence-corrected chi connectivity index (χ4v) is 6.47. The van der Waals surface area contributed by atoms with Crippen molar-refractivity contribution in [2.75, 3.05) is 11.1 Å². The van der Waals surface area contributed by atoms with Gasteiger partial charge in [0.2, 0.25) is 11.8 Å². The summed E-state index contributed by atoms with van der Waals surface area (Å²) in [7, 11) is 0. The van der Waals surface area contributed by atoms with Crippen LogP contribution in [0.25, 0.3) is 10.2 Å². The van der Waals surface area contributed by atoms with Gasteiger partial charge in [-0.2, -0.15) is 0 Å². The summed E-state index contributed by atoms with van der Waals surface area (Å²) >= 11 is 3.15. The van der Waals surface area contributed by atoms with Crippen molar-refractivity contribution in [2.24, 2.45) is 0 Å². The van der Waals surface area contributed by atoms with E-state index in [-0.39, 0.29) is 11.8 Å². The van der Waals surface area contributed by atoms with Gasteiger partial charge in [0, 0.05) is 12.2 Å². The maximum absolute atomic E-state index is 13.0. The van der Waals surface area contributed by atoms with Crippen molar-refractivity contribution in [3.63, 3.8) is 0 Å². The molecule has 2 aliphatic heterocycles. The number of carbonyl (C=O) groups is 2. The van der Waals surface area contributed by atoms with Gasteiger partial charge in [-0.3, -0.25) is 9.59 Å². The summed E-state index contributed by atoms with van der Waals surface area (Å²) in [5, 5.41) is 3.52. The standard InChI is InChI=1S/C20H17N3O2S2/c24-17-10-11-20(13-6-2-1-3-7-13)23(17)15(12-26-20)18(25)22-19-21-14-8-4-5-9-16(14)27-19/h1-9,15H,10-12H2,(H,21,22,25)/t15-,20+/m0/s1. The van der Waals surface area contributed by atoms with Gasteiger partial charge < -0.3 is 10.2 Å². The lowest BCUT2D eigenvalue weighted by Crippen LogP contribution is -2.48. The number of carbonyl (C=O) groups excluding carboxylic acids is 2. The van der Waals surface area contributed by atoms with Crippen LogP contribution in [0.1, 0.15) is 18.4 Å². The van der Waals surface area contributed by atoms with E-state index in [1.807, 2.05) is 54.6 Å². The fraction of sp³-hybridized carbons (Fsp3) is 0.250. The lowest BCUT2D eigenvalue weighted by atomic mass is 10.0. The van der Waals surface area contributed by atoms with E-state index in [0.717, 1.165) is 22.2 Å². The predicted octanol–water partition coefficient (Wildman–Crippen LogP) is 3.83. The minimum atomic E-state index is -0.475. The lowest BCUT2D eigenvalue weighted by molar-refractivity contribution is -0.136. The number of benzene rings is 2. The van der Waals surface area contributed by atoms with Gasteiger partial charge in [0.15, 0.2) is 5.13 Å². The highest BCUT2D eigenvalue weighted by Gasteiger charge is 2.56. The number of nitrogens with zero attached hydrogens (tertiary/aromatic N) is 2. The Kier molecular flexibility index (Phi) is 3.94. The van der Waals surface area contributed by atoms with Crippen LogP contribution in [-0.4, -0.2) is 33.5 Å². The van der Waals surface area contributed by atoms with E-state index < -0.39 is 10.9 Å². The molecule has 0 saturated carbocycles. The number of rotatable bonds is 3. The number of anilines is 1. The minimum absolute atomic E-state index is 0.0494. The second kappa shape index (κ2) is 6.35. The largest absolute Gasteiger partial charge is 0.311 e. The molecule has 5 rings (SSSR count). The quantitative estimate of drug-likeness (QED) is 0.732. The fourth-order valence-electron chi connectivity index (χ4n) is 3.95. The van der Waals surface area contributed by atoms with Crippen molar-refractivity contribution in [2.45, 2.75) is 23.8 Å². The molecule has 0 spiro atoms. The zero-order valence-corrected chi connectivity index (χ0v) is 16.1. The van der Waals surface area contributed by atoms with Crippen molar-refractivity contribution in [3.05, 3.63) is 60.2 Å². The number of thioether (sulfide) groups is 1. The van der Waals surface area contributed by atoms with Crippen LogP contribution < -0.4 is 5.32 Å². The number of hydrogen-bond acceptors (Lipinski definition) is 5. The average Bonchev–Trinajstić information content (AvgIpc) is 3.36. The van der Waals surface area contributed by atoms with E-state index in [4.69, 9.17) is 0 Å². The molecule has 2 fully saturated rings. The Labute approximate surface area is 164 Å². The number of aromatic nitrogens is 1. The summed E-state index contributed by atoms with van der Waals surface area (Å²) < 4.78 is 1.03. The first kappa shape index (κ1) is 16.8. The molecule has 1 aromatic heterocycles. The summed E-state index contributed by atoms with van der Waals surface area (Å²) in [6, 6.07) is 17.4. The summed E-state index contributed by atoms with van der Waals surface area (Å²) in [4.78, 5) is 31.5. The van der Waals surface area contributed by atoms with Gasteiger partial charge in [0.1, 0.15) is 10.9 Å². The summed E-state index contributed by atoms with van der Waals surface area (Å²) in [6.45, 7) is 0. The normalized spacial score (nSPS) is 24.4. The average molecular weight is 396 g/mol. The third-order valence-corrected chi connectivity index (χ3v) is 7.73. The molecule has 3 aromatic rings. The Morgan fingerprint density at radius 3 is 2.74 bits per heavy atom. The van der Waals surface area contributed by atoms with Crippen molar-refractivity contribution < 1.29 is 9.59 Å². The molecule has 136 valence electrons. The van der Waals surface area contributed by atoms with Crippen molar-refractivity contribution in [1.29, 1.82) is 0 Å². The molecule has 2 aromatic carbocycles. The van der Waals surface area contributed by atoms with E-state index in [0.29, 0.717) is 17.3 Å². The zero-order valence-electron chi connectivity index (χ0n) is 14.4. The zero-order chi connectivity index (χ0) is 18.4. The van der Waals surface area contributed by atoms with E-state index in [1.54, 1.807) is 16.7 Å². The van der Waals surface area contributed by atoms with Gasteiger partial charge >= 0.3 is 0 Å². The number of thiazole rings is 1. The molecule has 0 unspecified atom stereocenters. The number of hydrogen-bond donors (Lipinski definition) is 1. The molecular formula is C20H17N3O2S2. The topological polar surface area (TPSA) is 62.3 Å². The number of nitrogens with one attached hydrogen (secondary N) is 1. The SMILES string of the molecule is O=C(Nc1nc2ccccc2s1)[C@@H]1CS[C@@]2(c3ccccc3)CCC(=O)N12. The summed E-state index contributed by atoms with van der Waals surface area (Å²) in [5.74, 6) is 0.486. The van der Waals surface area contributed by atoms with Crippen molar-refractivity contribution in [3.8, 4) is 0 Å². The molecule has 5 nitrogen and oxygen atoms in total. The van der Waals surface area contributed by atoms with Gasteiger partial charge in [-0.1, -0.05) is 53.8 Å². The highest BCUT2D eigenvalue weighted by molar-refractivity contribution is 8.00. The first-order chi connectivity index (χ1) is 13.2. The second-order valence-electron chi connectivity index (χ2n) is 6.72. The monoisotopic (exact) mass is 395 g/mol. The first-order valence-electron chi connectivity index (χ1n) is 8.85. The van der Waals surface area contributed by atoms with E-state index in [2.05, 4.69) is 10.3 Å². The Balaban J connectivity index is 1.43. The van der Waals surface area contributed by atoms with Crippen molar-refractivity contribution >= 4 is 50.3 Å². The molecule has 7 heteroatoms. The van der Waals surface area contributed by atoms with Crippen LogP contribution in [0, 0.1) is 0 Å². The predicted molar refractivity (Wildman–Crippen MR) is 109 cm³/mol. The first-order valence-corrected chi connectivity index (χ1v) is 10.7. The van der Waals surface area contributed by atoms with E-state index >= 15 is 0 Å². The number of fused-ring (bicyclic) bond motifs is 2. The van der Waals surface area contributed by atoms with Crippen LogP contribution in [0.5, 0.6) is 0 Å². The molecule has 3 heterocycles. The lowest BCUT2D eigenvalue weighted by Gasteiger charge is -2.33. The molecule has 0 radical (unpaired) electrons. The Morgan fingerprint density at radius 2 is 1.93 bits per heavy atom. The summed E-state index contributed by atoms with van der Waals surface area (Å²) in [6.07, 6.45) is 1.22. The molecule has 0 aliphatic carbocycles. The molecule has 0 bridgehead atoms. The molecular weight excluding hydrogens is 378 g/mol. The highest BCUT2D eigenvalue weighted by atomic mass is 32.2. The molecule has 1 N–H and O–H groups in total. The highest BCUT2D eigenvalue weighted by Crippen LogP contribution is 2.54. The van der Waals surface area contributed by atoms with Gasteiger partial charge in [-0.15, -0.1) is 11.8 Å². The van der Waals surface area contributed by atoms with Crippen LogP contribution in [-0.2, 0) is 14.5 Å². The number of amides is 2. The third-order valence-electron chi connectivity index (χ3n) is 5.18. The number of para-hydroxylation sites is 1. The van der Waals surface area contributed by atoms with E-state index in [9.17, 15) is 9.59 Å². The molecule has 2 atom stereocenters. The molecule has 2 amide bonds. The third kappa shape index (κ3) is 2.64. The Hall–Kier alpha value is -2.38. The van der Waals surface area contributed by atoms with Gasteiger partial charge in [0.05, 0.1) is 10.2 Å². The molecule has 27 heavy (non-hydrogen) atoms. The maximum atomic E-state index is 13.0. The smallest absolute Gasteiger partial charge is 0.249 e. The van der Waals surface area contributed by atoms with Crippen LogP contribution in [0.3, 0.4) is 0 Å². The minimum Gasteiger partial charge on any atom is -0.311 e. The van der Waals surface area contributed by atoms with Crippen LogP contribution in [0.2, 0.25) is 0 Å². The van der Waals surface area contributed by atoms with Crippen molar-refractivity contribution in [1.82, 2.24) is 9.88 Å². The summed E-state index contributed by atoms with van der Waals surface area (Å²) in [5.41, 5.74) is 1.96. The molecule has 2 aliphatic rings. The van der Waals surface area contributed by atoms with Gasteiger partial charge in [-0.25, -0.2) is 4.98 Å². The van der Waals surface area contributed by atoms with Crippen LogP contribution in [0.4, 0.5) is 5.13 Å². The van der Waals surface area contributed by atoms with Crippen LogP contribution >= 0.6 is 23.1 Å². The maximum Gasteiger partial charge on any atom is 0.249 e. The Bertz CT molecular complexity index is 1000. The second-order valence-corrected chi connectivity index (χ2v) is 9.04. The van der Waals surface area contributed by atoms with E-state index in [1.165, 1.54) is 11.3 Å². The Morgan fingerprint density at radius 1 is 1.15 bits per heavy atom. The van der Waals surface area contributed by atoms with Crippen LogP contribution in [0.15, 0.2) is 54.6 Å². The molecule has 2 saturated heterocycles.